The molecule has 1 fully saturated rings. The van der Waals surface area contributed by atoms with E-state index in [9.17, 15) is 18.0 Å². The molecule has 0 saturated heterocycles. The molecular formula is C36H47F3O4S. The predicted octanol–water partition coefficient (Wildman–Crippen LogP) is 10.7. The van der Waals surface area contributed by atoms with Crippen molar-refractivity contribution in [3.8, 4) is 22.6 Å². The number of carbonyl (C=O) groups excluding carboxylic acids is 1. The van der Waals surface area contributed by atoms with E-state index in [1.807, 2.05) is 26.0 Å². The Morgan fingerprint density at radius 1 is 0.864 bits per heavy atom. The van der Waals surface area contributed by atoms with Crippen LogP contribution in [0.4, 0.5) is 13.2 Å². The second-order valence-corrected chi connectivity index (χ2v) is 15.9. The highest BCUT2D eigenvalue weighted by Crippen LogP contribution is 2.54. The van der Waals surface area contributed by atoms with Gasteiger partial charge in [0.15, 0.2) is 0 Å². The second kappa shape index (κ2) is 14.8. The van der Waals surface area contributed by atoms with Gasteiger partial charge in [-0.1, -0.05) is 54.5 Å². The summed E-state index contributed by atoms with van der Waals surface area (Å²) >= 11 is 0. The maximum Gasteiger partial charge on any atom is 0.417 e. The van der Waals surface area contributed by atoms with Gasteiger partial charge in [-0.2, -0.15) is 13.2 Å². The van der Waals surface area contributed by atoms with Crippen LogP contribution in [0.1, 0.15) is 95.1 Å². The van der Waals surface area contributed by atoms with Crippen molar-refractivity contribution in [3.05, 3.63) is 82.9 Å². The molecule has 1 atom stereocenters. The molecule has 0 spiro atoms. The molecule has 0 aliphatic heterocycles. The smallest absolute Gasteiger partial charge is 0.417 e. The number of ether oxygens (including phenoxy) is 2. The fourth-order valence-electron chi connectivity index (χ4n) is 4.86. The molecule has 5 rings (SSSR count). The minimum absolute atomic E-state index is 0.0252. The summed E-state index contributed by atoms with van der Waals surface area (Å²) in [4.78, 5) is 9.18. The van der Waals surface area contributed by atoms with Crippen LogP contribution >= 0.6 is 10.3 Å². The Kier molecular flexibility index (Phi) is 11.9. The van der Waals surface area contributed by atoms with Crippen LogP contribution in [-0.4, -0.2) is 30.3 Å². The average molecular weight is 633 g/mol. The third-order valence-corrected chi connectivity index (χ3v) is 11.6. The highest BCUT2D eigenvalue weighted by atomic mass is 32.3. The minimum Gasteiger partial charge on any atom is -0.486 e. The summed E-state index contributed by atoms with van der Waals surface area (Å²) in [6, 6.07) is 18.1. The van der Waals surface area contributed by atoms with E-state index in [1.54, 1.807) is 37.3 Å². The van der Waals surface area contributed by atoms with Crippen molar-refractivity contribution in [2.24, 2.45) is 0 Å². The number of halogens is 3. The van der Waals surface area contributed by atoms with Crippen LogP contribution in [0.5, 0.6) is 11.5 Å². The van der Waals surface area contributed by atoms with Crippen LogP contribution in [0.25, 0.3) is 11.1 Å². The van der Waals surface area contributed by atoms with Crippen LogP contribution in [0.15, 0.2) is 60.7 Å². The van der Waals surface area contributed by atoms with Gasteiger partial charge in [-0.15, -0.1) is 0 Å². The number of hydrogen-bond donors (Lipinski definition) is 0. The van der Waals surface area contributed by atoms with Gasteiger partial charge in [-0.3, -0.25) is 4.79 Å². The maximum atomic E-state index is 14.1. The fraction of sp³-hybridized carbons (Fsp3) is 0.472. The molecule has 0 radical (unpaired) electrons. The summed E-state index contributed by atoms with van der Waals surface area (Å²) in [5.41, 5.74) is 3.10. The molecule has 44 heavy (non-hydrogen) atoms. The summed E-state index contributed by atoms with van der Waals surface area (Å²) in [7, 11) is -1.41. The Morgan fingerprint density at radius 3 is 1.93 bits per heavy atom. The second-order valence-electron chi connectivity index (χ2n) is 12.0. The third kappa shape index (κ3) is 8.74. The number of fused-ring (bicyclic) bond motifs is 1. The van der Waals surface area contributed by atoms with Crippen molar-refractivity contribution in [1.29, 1.82) is 0 Å². The zero-order chi connectivity index (χ0) is 32.7. The van der Waals surface area contributed by atoms with Gasteiger partial charge in [0.25, 0.3) is 6.47 Å². The first-order valence-corrected chi connectivity index (χ1v) is 17.7. The molecule has 2 aliphatic carbocycles. The molecular weight excluding hydrogens is 585 g/mol. The highest BCUT2D eigenvalue weighted by Gasteiger charge is 2.38. The van der Waals surface area contributed by atoms with Crippen molar-refractivity contribution in [3.63, 3.8) is 0 Å². The van der Waals surface area contributed by atoms with Crippen LogP contribution in [0, 0.1) is 0 Å². The Hall–Kier alpha value is -3.13. The van der Waals surface area contributed by atoms with Crippen LogP contribution in [-0.2, 0) is 22.1 Å². The third-order valence-electron chi connectivity index (χ3n) is 8.02. The molecule has 0 heterocycles. The first kappa shape index (κ1) is 35.4. The van der Waals surface area contributed by atoms with Crippen molar-refractivity contribution < 1.29 is 31.6 Å². The van der Waals surface area contributed by atoms with Crippen LogP contribution < -0.4 is 8.92 Å². The number of rotatable bonds is 8. The lowest BCUT2D eigenvalue weighted by molar-refractivity contribution is -0.137. The van der Waals surface area contributed by atoms with E-state index in [1.165, 1.54) is 24.5 Å². The Balaban J connectivity index is 0.000000688. The van der Waals surface area contributed by atoms with Crippen molar-refractivity contribution in [2.75, 3.05) is 19.1 Å². The van der Waals surface area contributed by atoms with E-state index in [4.69, 9.17) is 8.92 Å². The topological polar surface area (TPSA) is 44.8 Å². The maximum absolute atomic E-state index is 14.1. The quantitative estimate of drug-likeness (QED) is 0.232. The van der Waals surface area contributed by atoms with Gasteiger partial charge in [0, 0.05) is 4.75 Å². The van der Waals surface area contributed by atoms with Gasteiger partial charge >= 0.3 is 6.18 Å². The van der Waals surface area contributed by atoms with E-state index >= 15 is 0 Å². The summed E-state index contributed by atoms with van der Waals surface area (Å²) in [5.74, 6) is 2.10. The lowest BCUT2D eigenvalue weighted by Crippen LogP contribution is -2.27. The lowest BCUT2D eigenvalue weighted by Gasteiger charge is -2.43. The van der Waals surface area contributed by atoms with Crippen LogP contribution in [0.2, 0.25) is 0 Å². The summed E-state index contributed by atoms with van der Waals surface area (Å²) in [5, 5.41) is 0. The molecule has 0 amide bonds. The fourth-order valence-corrected chi connectivity index (χ4v) is 5.71. The monoisotopic (exact) mass is 632 g/mol. The molecule has 1 unspecified atom stereocenters. The van der Waals surface area contributed by atoms with E-state index < -0.39 is 22.0 Å². The van der Waals surface area contributed by atoms with Crippen molar-refractivity contribution in [2.45, 2.75) is 90.2 Å². The molecule has 242 valence electrons. The predicted molar refractivity (Wildman–Crippen MR) is 176 cm³/mol. The average Bonchev–Trinajstić information content (AvgIpc) is 3.75. The lowest BCUT2D eigenvalue weighted by atomic mass is 9.91. The molecule has 0 aromatic heterocycles. The molecule has 0 N–H and O–H groups in total. The van der Waals surface area contributed by atoms with Gasteiger partial charge < -0.3 is 13.7 Å². The minimum atomic E-state index is -4.45. The Morgan fingerprint density at radius 2 is 1.45 bits per heavy atom. The molecule has 3 aromatic rings. The largest absolute Gasteiger partial charge is 0.486 e. The standard InChI is InChI=1S/C31H35F3O2S.C3H6O2.C2H6/c1-30(2,3)37(4,5)36-24-14-10-22(11-15-24)29-26-17-19-28(25(26)16-18-27(29)31(32,33)34)35-23-12-8-21(9-13-23)20-6-7-20;1-2-5-3-4;1-2/h8-16,18,20,28H,6-7,17,19H2,1-5H3;3H,2H2,1H3;1-2H3. The number of alkyl halides is 3. The first-order chi connectivity index (χ1) is 20.7. The van der Waals surface area contributed by atoms with Gasteiger partial charge in [0.05, 0.1) is 12.2 Å². The number of hydrogen-bond acceptors (Lipinski definition) is 4. The number of carbonyl (C=O) groups is 1. The van der Waals surface area contributed by atoms with E-state index in [-0.39, 0.29) is 16.4 Å². The van der Waals surface area contributed by atoms with Gasteiger partial charge in [0.2, 0.25) is 0 Å². The van der Waals surface area contributed by atoms with Gasteiger partial charge in [-0.25, -0.2) is 0 Å². The summed E-state index contributed by atoms with van der Waals surface area (Å²) in [6.07, 6.45) is 3.17. The summed E-state index contributed by atoms with van der Waals surface area (Å²) < 4.78 is 59.1. The van der Waals surface area contributed by atoms with E-state index in [2.05, 4.69) is 50.2 Å². The molecule has 1 saturated carbocycles. The normalized spacial score (nSPS) is 16.4. The van der Waals surface area contributed by atoms with Crippen molar-refractivity contribution >= 4 is 16.8 Å². The number of benzene rings is 3. The molecule has 3 aromatic carbocycles. The van der Waals surface area contributed by atoms with E-state index in [0.29, 0.717) is 43.2 Å². The van der Waals surface area contributed by atoms with Gasteiger partial charge in [0.1, 0.15) is 17.6 Å². The molecule has 0 bridgehead atoms. The van der Waals surface area contributed by atoms with Gasteiger partial charge in [-0.05, 0) is 130 Å². The van der Waals surface area contributed by atoms with Crippen molar-refractivity contribution in [1.82, 2.24) is 0 Å². The first-order valence-electron chi connectivity index (χ1n) is 15.3. The highest BCUT2D eigenvalue weighted by molar-refractivity contribution is 8.30. The molecule has 8 heteroatoms. The molecule has 2 aliphatic rings. The van der Waals surface area contributed by atoms with E-state index in [0.717, 1.165) is 16.9 Å². The Bertz CT molecular complexity index is 1360. The zero-order valence-electron chi connectivity index (χ0n) is 27.2. The SMILES string of the molecule is CC.CC(C)(C)S(C)(C)Oc1ccc(-c2c(C(F)(F)F)ccc3c2CCC3Oc2ccc(C3CC3)cc2)cc1.CCOC=O. The Labute approximate surface area is 262 Å². The zero-order valence-corrected chi connectivity index (χ0v) is 28.0. The molecule has 4 nitrogen and oxygen atoms in total. The van der Waals surface area contributed by atoms with Crippen LogP contribution in [0.3, 0.4) is 0 Å². The summed E-state index contributed by atoms with van der Waals surface area (Å²) in [6.45, 7) is 13.1.